The Balaban J connectivity index is 2.70. The zero-order chi connectivity index (χ0) is 12.9. The molecule has 1 atom stereocenters. The van der Waals surface area contributed by atoms with Gasteiger partial charge in [0.2, 0.25) is 0 Å². The summed E-state index contributed by atoms with van der Waals surface area (Å²) in [5, 5.41) is 4.17. The average Bonchev–Trinajstić information content (AvgIpc) is 2.76. The van der Waals surface area contributed by atoms with Gasteiger partial charge in [-0.3, -0.25) is 9.48 Å². The Hall–Kier alpha value is -1.16. The normalized spacial score (nSPS) is 14.6. The predicted molar refractivity (Wildman–Crippen MR) is 66.9 cm³/mol. The van der Waals surface area contributed by atoms with Crippen LogP contribution in [0.25, 0.3) is 0 Å². The van der Waals surface area contributed by atoms with Crippen LogP contribution in [-0.4, -0.2) is 27.8 Å². The van der Waals surface area contributed by atoms with E-state index in [4.69, 9.17) is 4.74 Å². The van der Waals surface area contributed by atoms with Gasteiger partial charge >= 0.3 is 0 Å². The van der Waals surface area contributed by atoms with Gasteiger partial charge in [-0.15, -0.1) is 0 Å². The summed E-state index contributed by atoms with van der Waals surface area (Å²) in [4.78, 5) is 12.2. The number of ketones is 1. The molecular formula is C13H22N2O2. The van der Waals surface area contributed by atoms with E-state index in [9.17, 15) is 4.79 Å². The average molecular weight is 238 g/mol. The van der Waals surface area contributed by atoms with Crippen LogP contribution in [0.2, 0.25) is 0 Å². The van der Waals surface area contributed by atoms with Crippen molar-refractivity contribution in [3.63, 3.8) is 0 Å². The summed E-state index contributed by atoms with van der Waals surface area (Å²) >= 11 is 0. The van der Waals surface area contributed by atoms with E-state index in [2.05, 4.69) is 5.10 Å². The molecular weight excluding hydrogens is 216 g/mol. The van der Waals surface area contributed by atoms with E-state index in [0.29, 0.717) is 19.4 Å². The molecule has 4 heteroatoms. The third kappa shape index (κ3) is 3.40. The Morgan fingerprint density at radius 3 is 2.65 bits per heavy atom. The van der Waals surface area contributed by atoms with Crippen molar-refractivity contribution in [2.24, 2.45) is 0 Å². The maximum atomic E-state index is 12.2. The van der Waals surface area contributed by atoms with Gasteiger partial charge in [0.1, 0.15) is 5.60 Å². The summed E-state index contributed by atoms with van der Waals surface area (Å²) in [6.45, 7) is 9.16. The lowest BCUT2D eigenvalue weighted by atomic mass is 9.93. The van der Waals surface area contributed by atoms with Crippen molar-refractivity contribution in [1.82, 2.24) is 9.78 Å². The highest BCUT2D eigenvalue weighted by atomic mass is 16.5. The summed E-state index contributed by atoms with van der Waals surface area (Å²) in [6.07, 6.45) is 4.76. The van der Waals surface area contributed by atoms with Gasteiger partial charge in [-0.2, -0.15) is 5.10 Å². The number of carbonyl (C=O) groups is 1. The first-order chi connectivity index (χ1) is 8.05. The van der Waals surface area contributed by atoms with Crippen LogP contribution in [0.1, 0.15) is 39.7 Å². The summed E-state index contributed by atoms with van der Waals surface area (Å²) in [5.74, 6) is 0.123. The minimum atomic E-state index is -0.664. The summed E-state index contributed by atoms with van der Waals surface area (Å²) < 4.78 is 7.39. The summed E-state index contributed by atoms with van der Waals surface area (Å²) in [7, 11) is 0. The van der Waals surface area contributed by atoms with Gasteiger partial charge in [0.25, 0.3) is 0 Å². The molecule has 1 heterocycles. The van der Waals surface area contributed by atoms with E-state index >= 15 is 0 Å². The number of nitrogens with zero attached hydrogens (tertiary/aromatic N) is 2. The van der Waals surface area contributed by atoms with E-state index in [1.165, 1.54) is 0 Å². The second-order valence-electron chi connectivity index (χ2n) is 4.32. The van der Waals surface area contributed by atoms with Gasteiger partial charge < -0.3 is 4.74 Å². The molecule has 0 aromatic carbocycles. The molecule has 0 saturated carbocycles. The number of Topliss-reactive ketones (excluding diaryl/α,β-unsaturated/α-hetero) is 1. The van der Waals surface area contributed by atoms with E-state index < -0.39 is 5.60 Å². The Kier molecular flexibility index (Phi) is 4.87. The zero-order valence-corrected chi connectivity index (χ0v) is 11.2. The number of carbonyl (C=O) groups excluding carboxylic acids is 1. The second kappa shape index (κ2) is 5.96. The molecule has 0 aliphatic heterocycles. The van der Waals surface area contributed by atoms with Crippen molar-refractivity contribution in [1.29, 1.82) is 0 Å². The molecule has 0 spiro atoms. The minimum Gasteiger partial charge on any atom is -0.368 e. The fourth-order valence-corrected chi connectivity index (χ4v) is 1.74. The summed E-state index contributed by atoms with van der Waals surface area (Å²) in [6, 6.07) is 0. The first-order valence-corrected chi connectivity index (χ1v) is 6.24. The van der Waals surface area contributed by atoms with Crippen molar-refractivity contribution < 1.29 is 9.53 Å². The lowest BCUT2D eigenvalue weighted by molar-refractivity contribution is -0.141. The molecule has 0 aliphatic rings. The van der Waals surface area contributed by atoms with E-state index in [-0.39, 0.29) is 5.78 Å². The molecule has 0 radical (unpaired) electrons. The first-order valence-electron chi connectivity index (χ1n) is 6.24. The fourth-order valence-electron chi connectivity index (χ4n) is 1.74. The molecule has 17 heavy (non-hydrogen) atoms. The lowest BCUT2D eigenvalue weighted by Crippen LogP contribution is -2.39. The number of rotatable bonds is 7. The second-order valence-corrected chi connectivity index (χ2v) is 4.32. The van der Waals surface area contributed by atoms with Crippen LogP contribution >= 0.6 is 0 Å². The molecule has 96 valence electrons. The van der Waals surface area contributed by atoms with Gasteiger partial charge in [0, 0.05) is 25.8 Å². The summed E-state index contributed by atoms with van der Waals surface area (Å²) in [5.41, 5.74) is 0.291. The van der Waals surface area contributed by atoms with Crippen molar-refractivity contribution in [3.05, 3.63) is 18.0 Å². The van der Waals surface area contributed by atoms with Crippen molar-refractivity contribution >= 4 is 5.78 Å². The van der Waals surface area contributed by atoms with Gasteiger partial charge in [0.15, 0.2) is 5.78 Å². The van der Waals surface area contributed by atoms with E-state index in [0.717, 1.165) is 12.1 Å². The maximum absolute atomic E-state index is 12.2. The van der Waals surface area contributed by atoms with Crippen LogP contribution in [0.3, 0.4) is 0 Å². The molecule has 1 unspecified atom stereocenters. The van der Waals surface area contributed by atoms with Crippen LogP contribution in [0.15, 0.2) is 12.4 Å². The highest BCUT2D eigenvalue weighted by Gasteiger charge is 2.31. The molecule has 4 nitrogen and oxygen atoms in total. The highest BCUT2D eigenvalue weighted by Crippen LogP contribution is 2.19. The smallest absolute Gasteiger partial charge is 0.168 e. The largest absolute Gasteiger partial charge is 0.368 e. The highest BCUT2D eigenvalue weighted by molar-refractivity contribution is 5.88. The molecule has 1 rings (SSSR count). The standard InChI is InChI=1S/C13H22N2O2/c1-5-13(4,17-7-3)12(16)8-11-9-14-15(6-2)10-11/h9-10H,5-8H2,1-4H3. The van der Waals surface area contributed by atoms with E-state index in [1.807, 2.05) is 38.6 Å². The maximum Gasteiger partial charge on any atom is 0.168 e. The van der Waals surface area contributed by atoms with Gasteiger partial charge in [-0.1, -0.05) is 6.92 Å². The number of hydrogen-bond donors (Lipinski definition) is 0. The minimum absolute atomic E-state index is 0.123. The number of aromatic nitrogens is 2. The number of aryl methyl sites for hydroxylation is 1. The van der Waals surface area contributed by atoms with Crippen molar-refractivity contribution in [2.45, 2.75) is 52.7 Å². The molecule has 0 aliphatic carbocycles. The van der Waals surface area contributed by atoms with Crippen LogP contribution in [-0.2, 0) is 22.5 Å². The van der Waals surface area contributed by atoms with Gasteiger partial charge in [-0.25, -0.2) is 0 Å². The first kappa shape index (κ1) is 13.9. The predicted octanol–water partition coefficient (Wildman–Crippen LogP) is 2.22. The molecule has 0 bridgehead atoms. The third-order valence-electron chi connectivity index (χ3n) is 3.10. The number of ether oxygens (including phenoxy) is 1. The molecule has 0 amide bonds. The van der Waals surface area contributed by atoms with Gasteiger partial charge in [0.05, 0.1) is 6.20 Å². The van der Waals surface area contributed by atoms with Crippen LogP contribution in [0.5, 0.6) is 0 Å². The third-order valence-corrected chi connectivity index (χ3v) is 3.10. The Morgan fingerprint density at radius 1 is 1.47 bits per heavy atom. The lowest BCUT2D eigenvalue weighted by Gasteiger charge is -2.26. The molecule has 0 saturated heterocycles. The molecule has 0 fully saturated rings. The molecule has 1 aromatic rings. The topological polar surface area (TPSA) is 44.1 Å². The van der Waals surface area contributed by atoms with Crippen molar-refractivity contribution in [2.75, 3.05) is 6.61 Å². The number of hydrogen-bond acceptors (Lipinski definition) is 3. The zero-order valence-electron chi connectivity index (χ0n) is 11.2. The SMILES string of the molecule is CCOC(C)(CC)C(=O)Cc1cnn(CC)c1. The van der Waals surface area contributed by atoms with Gasteiger partial charge in [-0.05, 0) is 32.8 Å². The quantitative estimate of drug-likeness (QED) is 0.731. The Bertz CT molecular complexity index is 373. The van der Waals surface area contributed by atoms with Crippen LogP contribution < -0.4 is 0 Å². The molecule has 1 aromatic heterocycles. The Morgan fingerprint density at radius 2 is 2.18 bits per heavy atom. The van der Waals surface area contributed by atoms with E-state index in [1.54, 1.807) is 6.20 Å². The monoisotopic (exact) mass is 238 g/mol. The van der Waals surface area contributed by atoms with Crippen LogP contribution in [0, 0.1) is 0 Å². The van der Waals surface area contributed by atoms with Crippen molar-refractivity contribution in [3.8, 4) is 0 Å². The molecule has 0 N–H and O–H groups in total. The fraction of sp³-hybridized carbons (Fsp3) is 0.692. The van der Waals surface area contributed by atoms with Crippen LogP contribution in [0.4, 0.5) is 0 Å². The Labute approximate surface area is 103 Å².